The molecule has 2 N–H and O–H groups in total. The van der Waals surface area contributed by atoms with Crippen LogP contribution in [0, 0.1) is 0 Å². The highest BCUT2D eigenvalue weighted by atomic mass is 32.2. The van der Waals surface area contributed by atoms with E-state index in [-0.39, 0.29) is 0 Å². The third kappa shape index (κ3) is 2.41. The fourth-order valence-corrected chi connectivity index (χ4v) is 3.63. The van der Waals surface area contributed by atoms with E-state index in [2.05, 4.69) is 11.4 Å². The molecule has 0 bridgehead atoms. The van der Waals surface area contributed by atoms with Gasteiger partial charge in [0.1, 0.15) is 5.58 Å². The first kappa shape index (κ1) is 12.1. The first-order valence-corrected chi connectivity index (χ1v) is 7.38. The average Bonchev–Trinajstić information content (AvgIpc) is 2.97. The molecule has 1 aromatic heterocycles. The van der Waals surface area contributed by atoms with E-state index in [9.17, 15) is 5.11 Å². The molecule has 1 saturated heterocycles. The Morgan fingerprint density at radius 3 is 3.11 bits per heavy atom. The molecule has 0 saturated carbocycles. The highest BCUT2D eigenvalue weighted by Gasteiger charge is 2.31. The molecule has 1 aliphatic rings. The highest BCUT2D eigenvalue weighted by Crippen LogP contribution is 2.27. The zero-order valence-corrected chi connectivity index (χ0v) is 11.0. The fraction of sp³-hybridized carbons (Fsp3) is 0.429. The van der Waals surface area contributed by atoms with Crippen LogP contribution in [-0.2, 0) is 6.54 Å². The van der Waals surface area contributed by atoms with Gasteiger partial charge in [0.2, 0.25) is 0 Å². The molecule has 0 amide bonds. The van der Waals surface area contributed by atoms with Gasteiger partial charge in [-0.25, -0.2) is 0 Å². The first-order valence-electron chi connectivity index (χ1n) is 6.23. The summed E-state index contributed by atoms with van der Waals surface area (Å²) in [5.41, 5.74) is 1.55. The number of fused-ring (bicyclic) bond motifs is 1. The van der Waals surface area contributed by atoms with Gasteiger partial charge >= 0.3 is 0 Å². The van der Waals surface area contributed by atoms with Crippen molar-refractivity contribution in [3.8, 4) is 0 Å². The number of hydrogen-bond donors (Lipinski definition) is 2. The van der Waals surface area contributed by atoms with Crippen LogP contribution in [0.1, 0.15) is 12.0 Å². The zero-order valence-electron chi connectivity index (χ0n) is 10.2. The van der Waals surface area contributed by atoms with Crippen molar-refractivity contribution < 1.29 is 9.52 Å². The van der Waals surface area contributed by atoms with Crippen molar-refractivity contribution in [1.29, 1.82) is 0 Å². The van der Waals surface area contributed by atoms with Crippen LogP contribution in [0.25, 0.3) is 11.0 Å². The maximum absolute atomic E-state index is 10.2. The van der Waals surface area contributed by atoms with Gasteiger partial charge < -0.3 is 14.8 Å². The van der Waals surface area contributed by atoms with Crippen LogP contribution < -0.4 is 5.32 Å². The lowest BCUT2D eigenvalue weighted by molar-refractivity contribution is 0.0675. The van der Waals surface area contributed by atoms with Crippen molar-refractivity contribution in [3.63, 3.8) is 0 Å². The Balaban J connectivity index is 1.63. The second-order valence-corrected chi connectivity index (χ2v) is 5.99. The summed E-state index contributed by atoms with van der Waals surface area (Å²) in [6.07, 6.45) is 2.68. The van der Waals surface area contributed by atoms with Crippen LogP contribution in [0.3, 0.4) is 0 Å². The Labute approximate surface area is 111 Å². The standard InChI is InChI=1S/C14H17NO2S/c16-14(5-6-18-10-14)9-15-7-11-8-17-13-4-2-1-3-12(11)13/h1-4,8,15-16H,5-7,9-10H2. The Kier molecular flexibility index (Phi) is 3.33. The van der Waals surface area contributed by atoms with Crippen molar-refractivity contribution in [1.82, 2.24) is 5.32 Å². The molecule has 2 aromatic rings. The molecular formula is C14H17NO2S. The number of furan rings is 1. The summed E-state index contributed by atoms with van der Waals surface area (Å²) in [7, 11) is 0. The van der Waals surface area contributed by atoms with E-state index >= 15 is 0 Å². The lowest BCUT2D eigenvalue weighted by Gasteiger charge is -2.21. The van der Waals surface area contributed by atoms with E-state index in [1.54, 1.807) is 6.26 Å². The molecular weight excluding hydrogens is 246 g/mol. The monoisotopic (exact) mass is 263 g/mol. The number of benzene rings is 1. The molecule has 1 atom stereocenters. The van der Waals surface area contributed by atoms with Gasteiger partial charge in [-0.1, -0.05) is 18.2 Å². The van der Waals surface area contributed by atoms with E-state index < -0.39 is 5.60 Å². The van der Waals surface area contributed by atoms with Gasteiger partial charge in [-0.05, 0) is 18.2 Å². The van der Waals surface area contributed by atoms with Gasteiger partial charge in [0.05, 0.1) is 11.9 Å². The molecule has 1 fully saturated rings. The van der Waals surface area contributed by atoms with Gasteiger partial charge in [-0.15, -0.1) is 0 Å². The van der Waals surface area contributed by atoms with Crippen molar-refractivity contribution in [2.45, 2.75) is 18.6 Å². The number of para-hydroxylation sites is 1. The Hall–Kier alpha value is -0.970. The summed E-state index contributed by atoms with van der Waals surface area (Å²) >= 11 is 1.82. The van der Waals surface area contributed by atoms with Crippen LogP contribution in [0.2, 0.25) is 0 Å². The molecule has 18 heavy (non-hydrogen) atoms. The number of nitrogens with one attached hydrogen (secondary N) is 1. The first-order chi connectivity index (χ1) is 8.77. The molecule has 3 nitrogen and oxygen atoms in total. The predicted octanol–water partition coefficient (Wildman–Crippen LogP) is 2.39. The van der Waals surface area contributed by atoms with Crippen molar-refractivity contribution in [2.24, 2.45) is 0 Å². The molecule has 0 aliphatic carbocycles. The average molecular weight is 263 g/mol. The fourth-order valence-electron chi connectivity index (χ4n) is 2.34. The van der Waals surface area contributed by atoms with E-state index in [1.165, 1.54) is 0 Å². The van der Waals surface area contributed by atoms with E-state index in [4.69, 9.17) is 4.42 Å². The molecule has 2 heterocycles. The zero-order chi connectivity index (χ0) is 12.4. The highest BCUT2D eigenvalue weighted by molar-refractivity contribution is 7.99. The summed E-state index contributed by atoms with van der Waals surface area (Å²) in [5, 5.41) is 14.7. The van der Waals surface area contributed by atoms with Crippen LogP contribution in [-0.4, -0.2) is 28.8 Å². The Morgan fingerprint density at radius 1 is 1.39 bits per heavy atom. The summed E-state index contributed by atoms with van der Waals surface area (Å²) in [6.45, 7) is 1.39. The van der Waals surface area contributed by atoms with E-state index in [0.717, 1.165) is 41.0 Å². The smallest absolute Gasteiger partial charge is 0.134 e. The molecule has 0 spiro atoms. The van der Waals surface area contributed by atoms with Gasteiger partial charge in [-0.2, -0.15) is 11.8 Å². The summed E-state index contributed by atoms with van der Waals surface area (Å²) < 4.78 is 5.49. The predicted molar refractivity (Wildman–Crippen MR) is 74.8 cm³/mol. The van der Waals surface area contributed by atoms with Crippen LogP contribution in [0.5, 0.6) is 0 Å². The summed E-state index contributed by atoms with van der Waals surface area (Å²) in [6, 6.07) is 8.03. The van der Waals surface area contributed by atoms with E-state index in [0.29, 0.717) is 6.54 Å². The molecule has 3 rings (SSSR count). The normalized spacial score (nSPS) is 23.8. The Bertz CT molecular complexity index is 531. The van der Waals surface area contributed by atoms with Gasteiger partial charge in [0.25, 0.3) is 0 Å². The molecule has 96 valence electrons. The number of hydrogen-bond acceptors (Lipinski definition) is 4. The third-order valence-electron chi connectivity index (χ3n) is 3.41. The molecule has 1 aromatic carbocycles. The minimum Gasteiger partial charge on any atom is -0.464 e. The topological polar surface area (TPSA) is 45.4 Å². The summed E-state index contributed by atoms with van der Waals surface area (Å²) in [4.78, 5) is 0. The van der Waals surface area contributed by atoms with Gasteiger partial charge in [-0.3, -0.25) is 0 Å². The third-order valence-corrected chi connectivity index (χ3v) is 4.65. The largest absolute Gasteiger partial charge is 0.464 e. The van der Waals surface area contributed by atoms with Gasteiger partial charge in [0, 0.05) is 29.8 Å². The van der Waals surface area contributed by atoms with Crippen LogP contribution in [0.4, 0.5) is 0 Å². The second kappa shape index (κ2) is 4.96. The van der Waals surface area contributed by atoms with E-state index in [1.807, 2.05) is 30.0 Å². The lowest BCUT2D eigenvalue weighted by Crippen LogP contribution is -2.40. The maximum Gasteiger partial charge on any atom is 0.134 e. The molecule has 4 heteroatoms. The minimum absolute atomic E-state index is 0.524. The van der Waals surface area contributed by atoms with Crippen molar-refractivity contribution in [3.05, 3.63) is 36.1 Å². The number of thioether (sulfide) groups is 1. The minimum atomic E-state index is -0.524. The van der Waals surface area contributed by atoms with Gasteiger partial charge in [0.15, 0.2) is 0 Å². The number of rotatable bonds is 4. The molecule has 1 unspecified atom stereocenters. The maximum atomic E-state index is 10.2. The van der Waals surface area contributed by atoms with Crippen LogP contribution >= 0.6 is 11.8 Å². The quantitative estimate of drug-likeness (QED) is 0.889. The lowest BCUT2D eigenvalue weighted by atomic mass is 10.0. The number of aliphatic hydroxyl groups is 1. The Morgan fingerprint density at radius 2 is 2.28 bits per heavy atom. The molecule has 0 radical (unpaired) electrons. The molecule has 1 aliphatic heterocycles. The summed E-state index contributed by atoms with van der Waals surface area (Å²) in [5.74, 6) is 1.90. The van der Waals surface area contributed by atoms with Crippen molar-refractivity contribution in [2.75, 3.05) is 18.1 Å². The van der Waals surface area contributed by atoms with Crippen molar-refractivity contribution >= 4 is 22.7 Å². The second-order valence-electron chi connectivity index (χ2n) is 4.89. The SMILES string of the molecule is OC1(CNCc2coc3ccccc23)CCSC1. The van der Waals surface area contributed by atoms with Crippen LogP contribution in [0.15, 0.2) is 34.9 Å².